The van der Waals surface area contributed by atoms with Gasteiger partial charge in [-0.05, 0) is 25.0 Å². The van der Waals surface area contributed by atoms with Crippen molar-refractivity contribution in [1.29, 1.82) is 0 Å². The summed E-state index contributed by atoms with van der Waals surface area (Å²) in [5.41, 5.74) is 0.541. The van der Waals surface area contributed by atoms with Gasteiger partial charge in [0.25, 0.3) is 11.8 Å². The maximum Gasteiger partial charge on any atom is 0.323 e. The van der Waals surface area contributed by atoms with Gasteiger partial charge in [-0.25, -0.2) is 0 Å². The Bertz CT molecular complexity index is 705. The molecule has 0 aliphatic carbocycles. The van der Waals surface area contributed by atoms with Gasteiger partial charge in [0.1, 0.15) is 12.6 Å². The molecule has 1 aromatic rings. The molecule has 3 rings (SSSR count). The lowest BCUT2D eigenvalue weighted by molar-refractivity contribution is -0.143. The van der Waals surface area contributed by atoms with E-state index in [0.29, 0.717) is 6.42 Å². The smallest absolute Gasteiger partial charge is 0.323 e. The molecule has 1 atom stereocenters. The Morgan fingerprint density at radius 1 is 1.13 bits per heavy atom. The summed E-state index contributed by atoms with van der Waals surface area (Å²) >= 11 is 0. The lowest BCUT2D eigenvalue weighted by atomic mass is 10.1. The highest BCUT2D eigenvalue weighted by Gasteiger charge is 2.43. The van der Waals surface area contributed by atoms with Crippen molar-refractivity contribution in [1.82, 2.24) is 9.80 Å². The average Bonchev–Trinajstić information content (AvgIpc) is 2.66. The number of aliphatic carboxylic acids is 1. The first-order valence-electron chi connectivity index (χ1n) is 7.16. The maximum atomic E-state index is 12.6. The topological polar surface area (TPSA) is 95.0 Å². The first kappa shape index (κ1) is 15.0. The number of hydrogen-bond acceptors (Lipinski definition) is 4. The van der Waals surface area contributed by atoms with Crippen LogP contribution in [0.15, 0.2) is 36.5 Å². The summed E-state index contributed by atoms with van der Waals surface area (Å²) in [4.78, 5) is 50.4. The molecule has 7 nitrogen and oxygen atoms in total. The van der Waals surface area contributed by atoms with Gasteiger partial charge in [0, 0.05) is 6.20 Å². The third-order valence-corrected chi connectivity index (χ3v) is 3.90. The monoisotopic (exact) mass is 314 g/mol. The average molecular weight is 314 g/mol. The molecule has 0 spiro atoms. The van der Waals surface area contributed by atoms with Gasteiger partial charge in [-0.15, -0.1) is 0 Å². The van der Waals surface area contributed by atoms with Gasteiger partial charge in [-0.3, -0.25) is 24.1 Å². The van der Waals surface area contributed by atoms with Crippen molar-refractivity contribution in [2.75, 3.05) is 6.54 Å². The van der Waals surface area contributed by atoms with Gasteiger partial charge in [-0.2, -0.15) is 0 Å². The van der Waals surface area contributed by atoms with E-state index in [1.54, 1.807) is 30.3 Å². The SMILES string of the molecule is O=C(O)CN1C=CCC[C@H](N2C(=O)c3ccccc3C2=O)C1=O. The van der Waals surface area contributed by atoms with Crippen LogP contribution in [0.4, 0.5) is 0 Å². The predicted octanol–water partition coefficient (Wildman–Crippen LogP) is 0.872. The molecule has 7 heteroatoms. The molecule has 1 N–H and O–H groups in total. The van der Waals surface area contributed by atoms with Gasteiger partial charge >= 0.3 is 5.97 Å². The van der Waals surface area contributed by atoms with Crippen LogP contribution in [0.2, 0.25) is 0 Å². The molecule has 2 heterocycles. The summed E-state index contributed by atoms with van der Waals surface area (Å²) in [5, 5.41) is 8.90. The molecular formula is C16H14N2O5. The van der Waals surface area contributed by atoms with Crippen LogP contribution < -0.4 is 0 Å². The summed E-state index contributed by atoms with van der Waals surface area (Å²) in [7, 11) is 0. The number of hydrogen-bond donors (Lipinski definition) is 1. The summed E-state index contributed by atoms with van der Waals surface area (Å²) in [5.74, 6) is -2.75. The molecule has 1 aromatic carbocycles. The van der Waals surface area contributed by atoms with Gasteiger partial charge in [0.15, 0.2) is 0 Å². The molecule has 0 fully saturated rings. The first-order chi connectivity index (χ1) is 11.0. The van der Waals surface area contributed by atoms with Crippen LogP contribution in [0.5, 0.6) is 0 Å². The van der Waals surface area contributed by atoms with Crippen molar-refractivity contribution in [2.45, 2.75) is 18.9 Å². The molecule has 0 aromatic heterocycles. The van der Waals surface area contributed by atoms with E-state index in [1.807, 2.05) is 0 Å². The van der Waals surface area contributed by atoms with Crippen LogP contribution in [0, 0.1) is 0 Å². The predicted molar refractivity (Wildman–Crippen MR) is 78.5 cm³/mol. The first-order valence-corrected chi connectivity index (χ1v) is 7.16. The zero-order valence-electron chi connectivity index (χ0n) is 12.1. The van der Waals surface area contributed by atoms with Crippen molar-refractivity contribution >= 4 is 23.7 Å². The van der Waals surface area contributed by atoms with E-state index in [-0.39, 0.29) is 17.5 Å². The molecule has 0 bridgehead atoms. The van der Waals surface area contributed by atoms with Gasteiger partial charge < -0.3 is 10.0 Å². The Morgan fingerprint density at radius 3 is 2.30 bits per heavy atom. The minimum atomic E-state index is -1.16. The third kappa shape index (κ3) is 2.50. The Morgan fingerprint density at radius 2 is 1.74 bits per heavy atom. The number of rotatable bonds is 3. The molecule has 23 heavy (non-hydrogen) atoms. The van der Waals surface area contributed by atoms with E-state index in [0.717, 1.165) is 9.80 Å². The lowest BCUT2D eigenvalue weighted by Crippen LogP contribution is -2.49. The minimum Gasteiger partial charge on any atom is -0.480 e. The Hall–Kier alpha value is -2.96. The Balaban J connectivity index is 1.92. The summed E-state index contributed by atoms with van der Waals surface area (Å²) in [6.07, 6.45) is 3.81. The molecule has 118 valence electrons. The lowest BCUT2D eigenvalue weighted by Gasteiger charge is -2.27. The van der Waals surface area contributed by atoms with E-state index in [2.05, 4.69) is 0 Å². The summed E-state index contributed by atoms with van der Waals surface area (Å²) < 4.78 is 0. The number of nitrogens with zero attached hydrogens (tertiary/aromatic N) is 2. The maximum absolute atomic E-state index is 12.6. The molecule has 0 saturated carbocycles. The Kier molecular flexibility index (Phi) is 3.69. The van der Waals surface area contributed by atoms with Crippen LogP contribution in [-0.2, 0) is 9.59 Å². The number of carbonyl (C=O) groups is 4. The number of benzene rings is 1. The van der Waals surface area contributed by atoms with Crippen molar-refractivity contribution in [3.63, 3.8) is 0 Å². The molecule has 0 radical (unpaired) electrons. The standard InChI is InChI=1S/C16H14N2O5/c19-13(20)9-17-8-4-3-7-12(16(17)23)18-14(21)10-5-1-2-6-11(10)15(18)22/h1-2,4-6,8,12H,3,7,9H2,(H,19,20)/t12-/m0/s1. The fraction of sp³-hybridized carbons (Fsp3) is 0.250. The van der Waals surface area contributed by atoms with Crippen LogP contribution in [0.3, 0.4) is 0 Å². The number of fused-ring (bicyclic) bond motifs is 1. The molecule has 2 aliphatic rings. The van der Waals surface area contributed by atoms with Crippen molar-refractivity contribution in [2.24, 2.45) is 0 Å². The van der Waals surface area contributed by atoms with Crippen molar-refractivity contribution in [3.05, 3.63) is 47.7 Å². The normalized spacial score (nSPS) is 20.7. The number of imide groups is 1. The zero-order chi connectivity index (χ0) is 16.6. The molecule has 0 saturated heterocycles. The van der Waals surface area contributed by atoms with Gasteiger partial charge in [-0.1, -0.05) is 18.2 Å². The third-order valence-electron chi connectivity index (χ3n) is 3.90. The quantitative estimate of drug-likeness (QED) is 0.835. The summed E-state index contributed by atoms with van der Waals surface area (Å²) in [6, 6.07) is 5.41. The van der Waals surface area contributed by atoms with Gasteiger partial charge in [0.05, 0.1) is 11.1 Å². The largest absolute Gasteiger partial charge is 0.480 e. The van der Waals surface area contributed by atoms with Crippen molar-refractivity contribution in [3.8, 4) is 0 Å². The second-order valence-corrected chi connectivity index (χ2v) is 5.36. The number of carboxylic acids is 1. The van der Waals surface area contributed by atoms with Crippen LogP contribution in [0.25, 0.3) is 0 Å². The van der Waals surface area contributed by atoms with E-state index < -0.39 is 36.3 Å². The highest BCUT2D eigenvalue weighted by Crippen LogP contribution is 2.27. The number of carboxylic acid groups (broad SMARTS) is 1. The summed E-state index contributed by atoms with van der Waals surface area (Å²) in [6.45, 7) is -0.505. The van der Waals surface area contributed by atoms with Crippen LogP contribution in [-0.4, -0.2) is 51.2 Å². The van der Waals surface area contributed by atoms with E-state index in [1.165, 1.54) is 6.20 Å². The molecule has 2 aliphatic heterocycles. The van der Waals surface area contributed by atoms with Gasteiger partial charge in [0.2, 0.25) is 5.91 Å². The van der Waals surface area contributed by atoms with E-state index >= 15 is 0 Å². The van der Waals surface area contributed by atoms with Crippen molar-refractivity contribution < 1.29 is 24.3 Å². The number of amides is 3. The van der Waals surface area contributed by atoms with E-state index in [9.17, 15) is 19.2 Å². The molecular weight excluding hydrogens is 300 g/mol. The second-order valence-electron chi connectivity index (χ2n) is 5.36. The fourth-order valence-electron chi connectivity index (χ4n) is 2.85. The van der Waals surface area contributed by atoms with Crippen LogP contribution in [0.1, 0.15) is 33.6 Å². The highest BCUT2D eigenvalue weighted by atomic mass is 16.4. The Labute approximate surface area is 131 Å². The second kappa shape index (κ2) is 5.68. The zero-order valence-corrected chi connectivity index (χ0v) is 12.1. The van der Waals surface area contributed by atoms with Crippen LogP contribution >= 0.6 is 0 Å². The molecule has 3 amide bonds. The fourth-order valence-corrected chi connectivity index (χ4v) is 2.85. The highest BCUT2D eigenvalue weighted by molar-refractivity contribution is 6.22. The number of carbonyl (C=O) groups excluding carboxylic acids is 3. The number of allylic oxidation sites excluding steroid dienone is 1. The molecule has 0 unspecified atom stereocenters. The minimum absolute atomic E-state index is 0.271. The van der Waals surface area contributed by atoms with E-state index in [4.69, 9.17) is 5.11 Å².